The zero-order valence-corrected chi connectivity index (χ0v) is 17.9. The van der Waals surface area contributed by atoms with Crippen LogP contribution in [0.3, 0.4) is 0 Å². The van der Waals surface area contributed by atoms with Crippen molar-refractivity contribution in [1.29, 1.82) is 0 Å². The molecule has 0 atom stereocenters. The predicted octanol–water partition coefficient (Wildman–Crippen LogP) is 3.79. The molecule has 0 unspecified atom stereocenters. The van der Waals surface area contributed by atoms with Crippen LogP contribution in [-0.4, -0.2) is 37.7 Å². The van der Waals surface area contributed by atoms with Crippen molar-refractivity contribution >= 4 is 18.0 Å². The van der Waals surface area contributed by atoms with Crippen molar-refractivity contribution < 1.29 is 23.8 Å². The molecule has 2 rings (SSSR count). The van der Waals surface area contributed by atoms with Crippen molar-refractivity contribution in [2.24, 2.45) is 0 Å². The summed E-state index contributed by atoms with van der Waals surface area (Å²) in [6.07, 6.45) is 3.90. The van der Waals surface area contributed by atoms with E-state index in [9.17, 15) is 9.59 Å². The van der Waals surface area contributed by atoms with Gasteiger partial charge in [0.05, 0.1) is 13.7 Å². The molecule has 2 aromatic rings. The molecule has 0 fully saturated rings. The van der Waals surface area contributed by atoms with Gasteiger partial charge in [0.25, 0.3) is 0 Å². The maximum absolute atomic E-state index is 12.0. The largest absolute Gasteiger partial charge is 0.496 e. The quantitative estimate of drug-likeness (QED) is 0.476. The average Bonchev–Trinajstić information content (AvgIpc) is 2.73. The van der Waals surface area contributed by atoms with Gasteiger partial charge in [-0.05, 0) is 57.0 Å². The number of carbonyl (C=O) groups is 2. The Morgan fingerprint density at radius 3 is 2.43 bits per heavy atom. The van der Waals surface area contributed by atoms with Crippen molar-refractivity contribution in [3.8, 4) is 11.5 Å². The number of benzene rings is 2. The molecule has 0 aliphatic rings. The Hall–Kier alpha value is -3.28. The molecule has 0 heterocycles. The third-order valence-corrected chi connectivity index (χ3v) is 4.33. The van der Waals surface area contributed by atoms with E-state index in [1.54, 1.807) is 46.1 Å². The van der Waals surface area contributed by atoms with Gasteiger partial charge in [-0.2, -0.15) is 0 Å². The predicted molar refractivity (Wildman–Crippen MR) is 117 cm³/mol. The topological polar surface area (TPSA) is 73.9 Å². The van der Waals surface area contributed by atoms with Crippen LogP contribution in [0.4, 0.5) is 0 Å². The molecular weight excluding hydrogens is 382 g/mol. The zero-order chi connectivity index (χ0) is 22.0. The van der Waals surface area contributed by atoms with E-state index < -0.39 is 11.6 Å². The second-order valence-corrected chi connectivity index (χ2v) is 7.09. The summed E-state index contributed by atoms with van der Waals surface area (Å²) in [6, 6.07) is 14.9. The minimum atomic E-state index is -1.06. The van der Waals surface area contributed by atoms with Gasteiger partial charge in [-0.3, -0.25) is 4.79 Å². The maximum Gasteiger partial charge on any atom is 0.349 e. The molecule has 0 saturated carbocycles. The van der Waals surface area contributed by atoms with Crippen LogP contribution in [-0.2, 0) is 20.7 Å². The molecule has 1 N–H and O–H groups in total. The van der Waals surface area contributed by atoms with Crippen LogP contribution in [0.1, 0.15) is 31.9 Å². The van der Waals surface area contributed by atoms with E-state index in [1.165, 1.54) is 6.08 Å². The fourth-order valence-corrected chi connectivity index (χ4v) is 2.72. The van der Waals surface area contributed by atoms with Crippen molar-refractivity contribution in [3.05, 3.63) is 65.7 Å². The van der Waals surface area contributed by atoms with Gasteiger partial charge in [0.1, 0.15) is 11.5 Å². The van der Waals surface area contributed by atoms with Gasteiger partial charge in [-0.1, -0.05) is 30.3 Å². The lowest BCUT2D eigenvalue weighted by Crippen LogP contribution is -2.39. The van der Waals surface area contributed by atoms with Crippen LogP contribution >= 0.6 is 0 Å². The SMILES string of the molecule is CCOC(=O)C(C)(C)Oc1ccc(CCNC(=O)/C=C/c2ccccc2OC)cc1. The smallest absolute Gasteiger partial charge is 0.349 e. The van der Waals surface area contributed by atoms with E-state index in [4.69, 9.17) is 14.2 Å². The summed E-state index contributed by atoms with van der Waals surface area (Å²) in [4.78, 5) is 24.0. The van der Waals surface area contributed by atoms with Gasteiger partial charge in [-0.25, -0.2) is 4.79 Å². The number of rotatable bonds is 10. The first kappa shape index (κ1) is 23.0. The monoisotopic (exact) mass is 411 g/mol. The average molecular weight is 411 g/mol. The minimum Gasteiger partial charge on any atom is -0.496 e. The number of hydrogen-bond acceptors (Lipinski definition) is 5. The Labute approximate surface area is 177 Å². The fraction of sp³-hybridized carbons (Fsp3) is 0.333. The molecule has 0 saturated heterocycles. The molecule has 0 bridgehead atoms. The standard InChI is InChI=1S/C24H29NO5/c1-5-29-23(27)24(2,3)30-20-13-10-18(11-14-20)16-17-25-22(26)15-12-19-8-6-7-9-21(19)28-4/h6-15H,5,16-17H2,1-4H3,(H,25,26)/b15-12+. The number of amides is 1. The molecule has 1 amide bonds. The highest BCUT2D eigenvalue weighted by molar-refractivity contribution is 5.92. The van der Waals surface area contributed by atoms with E-state index in [0.29, 0.717) is 25.3 Å². The summed E-state index contributed by atoms with van der Waals surface area (Å²) in [6.45, 7) is 5.92. The van der Waals surface area contributed by atoms with Gasteiger partial charge in [0.2, 0.25) is 5.91 Å². The Morgan fingerprint density at radius 1 is 1.07 bits per heavy atom. The number of para-hydroxylation sites is 1. The number of ether oxygens (including phenoxy) is 3. The lowest BCUT2D eigenvalue weighted by molar-refractivity contribution is -0.158. The van der Waals surface area contributed by atoms with Gasteiger partial charge in [-0.15, -0.1) is 0 Å². The fourth-order valence-electron chi connectivity index (χ4n) is 2.72. The van der Waals surface area contributed by atoms with E-state index >= 15 is 0 Å². The minimum absolute atomic E-state index is 0.169. The molecular formula is C24H29NO5. The van der Waals surface area contributed by atoms with E-state index in [-0.39, 0.29) is 5.91 Å². The molecule has 0 aromatic heterocycles. The lowest BCUT2D eigenvalue weighted by Gasteiger charge is -2.24. The van der Waals surface area contributed by atoms with E-state index in [1.807, 2.05) is 36.4 Å². The first-order chi connectivity index (χ1) is 14.4. The molecule has 160 valence electrons. The van der Waals surface area contributed by atoms with Crippen LogP contribution < -0.4 is 14.8 Å². The number of hydrogen-bond donors (Lipinski definition) is 1. The molecule has 0 radical (unpaired) electrons. The first-order valence-electron chi connectivity index (χ1n) is 9.90. The van der Waals surface area contributed by atoms with Crippen molar-refractivity contribution in [3.63, 3.8) is 0 Å². The summed E-state index contributed by atoms with van der Waals surface area (Å²) in [5, 5.41) is 2.86. The second kappa shape index (κ2) is 11.0. The van der Waals surface area contributed by atoms with Crippen LogP contribution in [0.2, 0.25) is 0 Å². The third kappa shape index (κ3) is 6.95. The third-order valence-electron chi connectivity index (χ3n) is 4.33. The molecule has 0 spiro atoms. The van der Waals surface area contributed by atoms with E-state index in [2.05, 4.69) is 5.32 Å². The number of esters is 1. The van der Waals surface area contributed by atoms with Crippen LogP contribution in [0, 0.1) is 0 Å². The van der Waals surface area contributed by atoms with Crippen LogP contribution in [0.25, 0.3) is 6.08 Å². The molecule has 30 heavy (non-hydrogen) atoms. The summed E-state index contributed by atoms with van der Waals surface area (Å²) < 4.78 is 16.0. The van der Waals surface area contributed by atoms with Gasteiger partial charge < -0.3 is 19.5 Å². The number of carbonyl (C=O) groups excluding carboxylic acids is 2. The van der Waals surface area contributed by atoms with Gasteiger partial charge in [0.15, 0.2) is 5.60 Å². The maximum atomic E-state index is 12.0. The summed E-state index contributed by atoms with van der Waals surface area (Å²) in [7, 11) is 1.60. The lowest BCUT2D eigenvalue weighted by atomic mass is 10.1. The van der Waals surface area contributed by atoms with Crippen molar-refractivity contribution in [2.45, 2.75) is 32.8 Å². The molecule has 0 aliphatic carbocycles. The van der Waals surface area contributed by atoms with Crippen LogP contribution in [0.15, 0.2) is 54.6 Å². The van der Waals surface area contributed by atoms with Gasteiger partial charge in [0, 0.05) is 18.2 Å². The Morgan fingerprint density at radius 2 is 1.77 bits per heavy atom. The highest BCUT2D eigenvalue weighted by atomic mass is 16.6. The Bertz CT molecular complexity index is 871. The second-order valence-electron chi connectivity index (χ2n) is 7.09. The van der Waals surface area contributed by atoms with Crippen LogP contribution in [0.5, 0.6) is 11.5 Å². The Balaban J connectivity index is 1.82. The number of nitrogens with one attached hydrogen (secondary N) is 1. The molecule has 2 aromatic carbocycles. The molecule has 6 heteroatoms. The summed E-state index contributed by atoms with van der Waals surface area (Å²) in [5.74, 6) is 0.727. The van der Waals surface area contributed by atoms with E-state index in [0.717, 1.165) is 16.9 Å². The first-order valence-corrected chi connectivity index (χ1v) is 9.90. The highest BCUT2D eigenvalue weighted by Crippen LogP contribution is 2.21. The van der Waals surface area contributed by atoms with Crippen molar-refractivity contribution in [2.75, 3.05) is 20.3 Å². The normalized spacial score (nSPS) is 11.2. The summed E-state index contributed by atoms with van der Waals surface area (Å²) in [5.41, 5.74) is 0.834. The van der Waals surface area contributed by atoms with Crippen molar-refractivity contribution in [1.82, 2.24) is 5.32 Å². The van der Waals surface area contributed by atoms with Gasteiger partial charge >= 0.3 is 5.97 Å². The number of methoxy groups -OCH3 is 1. The summed E-state index contributed by atoms with van der Waals surface area (Å²) >= 11 is 0. The highest BCUT2D eigenvalue weighted by Gasteiger charge is 2.31. The Kier molecular flexibility index (Phi) is 8.47. The molecule has 0 aliphatic heterocycles. The molecule has 6 nitrogen and oxygen atoms in total. The zero-order valence-electron chi connectivity index (χ0n) is 17.9.